The third-order valence-electron chi connectivity index (χ3n) is 4.99. The maximum atomic E-state index is 14.6. The zero-order chi connectivity index (χ0) is 21.5. The van der Waals surface area contributed by atoms with E-state index in [1.165, 1.54) is 18.2 Å². The Balaban J connectivity index is 2.17. The second-order valence-electron chi connectivity index (χ2n) is 7.32. The van der Waals surface area contributed by atoms with Gasteiger partial charge in [0.25, 0.3) is 0 Å². The summed E-state index contributed by atoms with van der Waals surface area (Å²) in [6.45, 7) is 1.82. The summed E-state index contributed by atoms with van der Waals surface area (Å²) in [5.74, 6) is -1.35. The van der Waals surface area contributed by atoms with Crippen LogP contribution in [0.15, 0.2) is 46.9 Å². The molecule has 2 aromatic carbocycles. The first-order chi connectivity index (χ1) is 13.5. The van der Waals surface area contributed by atoms with E-state index in [9.17, 15) is 22.7 Å². The van der Waals surface area contributed by atoms with E-state index in [0.29, 0.717) is 22.4 Å². The highest BCUT2D eigenvalue weighted by molar-refractivity contribution is 7.90. The van der Waals surface area contributed by atoms with E-state index >= 15 is 0 Å². The number of fused-ring (bicyclic) bond motifs is 1. The standard InChI is InChI=1S/C22H22FNO4S/c1-13-16(9-14-5-7-15(8-6-14)29(4,27)28)18-10-20(23)21(24(2)3)11-19(18)17(13)12-22(25)26/h5-11H,12H2,1-4H3,(H,25,26). The van der Waals surface area contributed by atoms with Crippen LogP contribution in [-0.4, -0.2) is 39.8 Å². The van der Waals surface area contributed by atoms with Gasteiger partial charge in [0.2, 0.25) is 0 Å². The van der Waals surface area contributed by atoms with Crippen LogP contribution < -0.4 is 4.90 Å². The summed E-state index contributed by atoms with van der Waals surface area (Å²) in [5, 5.41) is 9.34. The smallest absolute Gasteiger partial charge is 0.307 e. The lowest BCUT2D eigenvalue weighted by molar-refractivity contribution is -0.135. The van der Waals surface area contributed by atoms with Crippen molar-refractivity contribution in [2.75, 3.05) is 25.3 Å². The molecule has 152 valence electrons. The number of hydrogen-bond donors (Lipinski definition) is 1. The number of rotatable bonds is 5. The van der Waals surface area contributed by atoms with Gasteiger partial charge in [0.15, 0.2) is 9.84 Å². The zero-order valence-corrected chi connectivity index (χ0v) is 17.5. The first-order valence-electron chi connectivity index (χ1n) is 8.94. The minimum absolute atomic E-state index is 0.165. The summed E-state index contributed by atoms with van der Waals surface area (Å²) >= 11 is 0. The monoisotopic (exact) mass is 415 g/mol. The predicted molar refractivity (Wildman–Crippen MR) is 113 cm³/mol. The van der Waals surface area contributed by atoms with Gasteiger partial charge in [-0.1, -0.05) is 12.1 Å². The lowest BCUT2D eigenvalue weighted by Crippen LogP contribution is -2.11. The molecule has 3 rings (SSSR count). The van der Waals surface area contributed by atoms with Crippen LogP contribution in [0.2, 0.25) is 0 Å². The molecule has 0 spiro atoms. The fourth-order valence-corrected chi connectivity index (χ4v) is 4.12. The number of halogens is 1. The Hall–Kier alpha value is -2.93. The molecule has 1 N–H and O–H groups in total. The molecule has 1 aliphatic carbocycles. The number of sulfone groups is 1. The maximum Gasteiger partial charge on any atom is 0.307 e. The highest BCUT2D eigenvalue weighted by Crippen LogP contribution is 2.45. The molecule has 0 aliphatic heterocycles. The molecular weight excluding hydrogens is 393 g/mol. The number of aliphatic carboxylic acids is 1. The van der Waals surface area contributed by atoms with Crippen LogP contribution in [0.1, 0.15) is 30.0 Å². The number of carboxylic acid groups (broad SMARTS) is 1. The van der Waals surface area contributed by atoms with E-state index in [0.717, 1.165) is 23.0 Å². The van der Waals surface area contributed by atoms with Gasteiger partial charge in [-0.2, -0.15) is 0 Å². The van der Waals surface area contributed by atoms with Gasteiger partial charge in [-0.3, -0.25) is 4.79 Å². The average molecular weight is 415 g/mol. The summed E-state index contributed by atoms with van der Waals surface area (Å²) in [5.41, 5.74) is 4.61. The number of allylic oxidation sites excluding steroid dienone is 2. The van der Waals surface area contributed by atoms with E-state index in [1.807, 2.05) is 13.0 Å². The maximum absolute atomic E-state index is 14.6. The predicted octanol–water partition coefficient (Wildman–Crippen LogP) is 4.10. The molecule has 0 saturated heterocycles. The van der Waals surface area contributed by atoms with Crippen LogP contribution in [0.5, 0.6) is 0 Å². The molecule has 0 aromatic heterocycles. The minimum atomic E-state index is -3.30. The number of hydrogen-bond acceptors (Lipinski definition) is 4. The molecule has 0 bridgehead atoms. The van der Waals surface area contributed by atoms with Gasteiger partial charge in [0.05, 0.1) is 17.0 Å². The van der Waals surface area contributed by atoms with Crippen molar-refractivity contribution >= 4 is 38.7 Å². The highest BCUT2D eigenvalue weighted by Gasteiger charge is 2.27. The van der Waals surface area contributed by atoms with Gasteiger partial charge in [-0.25, -0.2) is 12.8 Å². The van der Waals surface area contributed by atoms with Crippen LogP contribution in [0.4, 0.5) is 10.1 Å². The Kier molecular flexibility index (Phi) is 5.36. The molecular formula is C22H22FNO4S. The van der Waals surface area contributed by atoms with Crippen molar-refractivity contribution in [1.29, 1.82) is 0 Å². The second-order valence-corrected chi connectivity index (χ2v) is 9.33. The van der Waals surface area contributed by atoms with Crippen LogP contribution in [0.3, 0.4) is 0 Å². The van der Waals surface area contributed by atoms with Crippen LogP contribution >= 0.6 is 0 Å². The zero-order valence-electron chi connectivity index (χ0n) is 16.7. The molecule has 7 heteroatoms. The van der Waals surface area contributed by atoms with Crippen molar-refractivity contribution in [3.8, 4) is 0 Å². The van der Waals surface area contributed by atoms with E-state index in [1.54, 1.807) is 37.2 Å². The topological polar surface area (TPSA) is 74.7 Å². The van der Waals surface area contributed by atoms with Crippen molar-refractivity contribution in [3.05, 3.63) is 64.5 Å². The first kappa shape index (κ1) is 20.8. The summed E-state index contributed by atoms with van der Waals surface area (Å²) in [4.78, 5) is 13.3. The molecule has 0 amide bonds. The first-order valence-corrected chi connectivity index (χ1v) is 10.8. The number of carboxylic acids is 1. The Morgan fingerprint density at radius 2 is 1.76 bits per heavy atom. The fourth-order valence-electron chi connectivity index (χ4n) is 3.49. The van der Waals surface area contributed by atoms with Crippen molar-refractivity contribution in [3.63, 3.8) is 0 Å². The Labute approximate surface area is 169 Å². The van der Waals surface area contributed by atoms with Gasteiger partial charge in [0.1, 0.15) is 5.82 Å². The molecule has 0 unspecified atom stereocenters. The largest absolute Gasteiger partial charge is 0.481 e. The van der Waals surface area contributed by atoms with Crippen molar-refractivity contribution in [2.45, 2.75) is 18.2 Å². The number of nitrogens with zero attached hydrogens (tertiary/aromatic N) is 1. The van der Waals surface area contributed by atoms with Gasteiger partial charge < -0.3 is 10.0 Å². The lowest BCUT2D eigenvalue weighted by Gasteiger charge is -2.16. The molecule has 0 saturated carbocycles. The number of benzene rings is 2. The molecule has 29 heavy (non-hydrogen) atoms. The fraction of sp³-hybridized carbons (Fsp3) is 0.227. The molecule has 0 heterocycles. The third kappa shape index (κ3) is 4.10. The van der Waals surface area contributed by atoms with Gasteiger partial charge in [-0.15, -0.1) is 0 Å². The number of anilines is 1. The Bertz CT molecular complexity index is 1160. The van der Waals surface area contributed by atoms with E-state index in [4.69, 9.17) is 0 Å². The number of carbonyl (C=O) groups is 1. The minimum Gasteiger partial charge on any atom is -0.481 e. The summed E-state index contributed by atoms with van der Waals surface area (Å²) < 4.78 is 37.9. The van der Waals surface area contributed by atoms with Crippen LogP contribution in [-0.2, 0) is 14.6 Å². The average Bonchev–Trinajstić information content (AvgIpc) is 2.85. The molecule has 0 radical (unpaired) electrons. The summed E-state index contributed by atoms with van der Waals surface area (Å²) in [7, 11) is 0.162. The van der Waals surface area contributed by atoms with Crippen molar-refractivity contribution in [1.82, 2.24) is 0 Å². The Morgan fingerprint density at radius 1 is 1.14 bits per heavy atom. The van der Waals surface area contributed by atoms with E-state index in [-0.39, 0.29) is 11.3 Å². The molecule has 1 aliphatic rings. The van der Waals surface area contributed by atoms with Crippen molar-refractivity contribution in [2.24, 2.45) is 0 Å². The second kappa shape index (κ2) is 7.48. The lowest BCUT2D eigenvalue weighted by atomic mass is 9.99. The van der Waals surface area contributed by atoms with Crippen molar-refractivity contribution < 1.29 is 22.7 Å². The van der Waals surface area contributed by atoms with E-state index < -0.39 is 21.6 Å². The third-order valence-corrected chi connectivity index (χ3v) is 6.12. The molecule has 5 nitrogen and oxygen atoms in total. The van der Waals surface area contributed by atoms with Gasteiger partial charge in [0, 0.05) is 20.4 Å². The normalized spacial score (nSPS) is 15.0. The Morgan fingerprint density at radius 3 is 2.28 bits per heavy atom. The highest BCUT2D eigenvalue weighted by atomic mass is 32.2. The molecule has 2 aromatic rings. The van der Waals surface area contributed by atoms with Crippen LogP contribution in [0, 0.1) is 5.82 Å². The van der Waals surface area contributed by atoms with Crippen LogP contribution in [0.25, 0.3) is 17.2 Å². The SMILES string of the molecule is CC1=C(CC(=O)O)c2cc(N(C)C)c(F)cc2C1=Cc1ccc(S(C)(=O)=O)cc1. The molecule has 0 fully saturated rings. The summed E-state index contributed by atoms with van der Waals surface area (Å²) in [6, 6.07) is 9.50. The van der Waals surface area contributed by atoms with Gasteiger partial charge >= 0.3 is 5.97 Å². The van der Waals surface area contributed by atoms with Gasteiger partial charge in [-0.05, 0) is 70.7 Å². The molecule has 0 atom stereocenters. The summed E-state index contributed by atoms with van der Waals surface area (Å²) in [6.07, 6.45) is 2.80. The quantitative estimate of drug-likeness (QED) is 0.796. The van der Waals surface area contributed by atoms with E-state index in [2.05, 4.69) is 0 Å².